The SMILES string of the molecule is Cc1ccccc1N(CCCN)c1ncc(Br)cc1Br. The van der Waals surface area contributed by atoms with Crippen molar-refractivity contribution >= 4 is 43.4 Å². The van der Waals surface area contributed by atoms with Gasteiger partial charge in [0.15, 0.2) is 0 Å². The number of anilines is 2. The van der Waals surface area contributed by atoms with Crippen molar-refractivity contribution in [2.75, 3.05) is 18.0 Å². The van der Waals surface area contributed by atoms with Crippen LogP contribution in [0.15, 0.2) is 45.5 Å². The molecule has 0 radical (unpaired) electrons. The molecule has 1 heterocycles. The van der Waals surface area contributed by atoms with Gasteiger partial charge in [-0.2, -0.15) is 0 Å². The van der Waals surface area contributed by atoms with Crippen molar-refractivity contribution in [3.05, 3.63) is 51.0 Å². The monoisotopic (exact) mass is 397 g/mol. The van der Waals surface area contributed by atoms with Crippen LogP contribution in [0.2, 0.25) is 0 Å². The van der Waals surface area contributed by atoms with Crippen molar-refractivity contribution in [2.45, 2.75) is 13.3 Å². The van der Waals surface area contributed by atoms with Gasteiger partial charge in [-0.1, -0.05) is 18.2 Å². The lowest BCUT2D eigenvalue weighted by atomic mass is 10.1. The van der Waals surface area contributed by atoms with Crippen LogP contribution >= 0.6 is 31.9 Å². The minimum absolute atomic E-state index is 0.663. The largest absolute Gasteiger partial charge is 0.330 e. The van der Waals surface area contributed by atoms with Gasteiger partial charge in [0.05, 0.1) is 4.47 Å². The Kier molecular flexibility index (Phi) is 5.57. The summed E-state index contributed by atoms with van der Waals surface area (Å²) in [5.41, 5.74) is 8.05. The number of hydrogen-bond acceptors (Lipinski definition) is 3. The summed E-state index contributed by atoms with van der Waals surface area (Å²) in [6, 6.07) is 10.3. The zero-order valence-electron chi connectivity index (χ0n) is 11.3. The summed E-state index contributed by atoms with van der Waals surface area (Å²) < 4.78 is 1.92. The maximum Gasteiger partial charge on any atom is 0.147 e. The standard InChI is InChI=1S/C15H17Br2N3/c1-11-5-2-3-6-14(11)20(8-4-7-18)15-13(17)9-12(16)10-19-15/h2-3,5-6,9-10H,4,7-8,18H2,1H3. The average molecular weight is 399 g/mol. The predicted molar refractivity (Wildman–Crippen MR) is 91.5 cm³/mol. The topological polar surface area (TPSA) is 42.1 Å². The Labute approximate surface area is 136 Å². The molecule has 0 aliphatic rings. The Morgan fingerprint density at radius 3 is 2.65 bits per heavy atom. The lowest BCUT2D eigenvalue weighted by Crippen LogP contribution is -2.23. The number of rotatable bonds is 5. The van der Waals surface area contributed by atoms with Crippen LogP contribution in [0.5, 0.6) is 0 Å². The van der Waals surface area contributed by atoms with E-state index >= 15 is 0 Å². The minimum Gasteiger partial charge on any atom is -0.330 e. The van der Waals surface area contributed by atoms with Crippen molar-refractivity contribution in [3.63, 3.8) is 0 Å². The van der Waals surface area contributed by atoms with Crippen LogP contribution in [0.25, 0.3) is 0 Å². The highest BCUT2D eigenvalue weighted by Gasteiger charge is 2.15. The average Bonchev–Trinajstić information content (AvgIpc) is 2.42. The third-order valence-electron chi connectivity index (χ3n) is 3.04. The number of aromatic nitrogens is 1. The van der Waals surface area contributed by atoms with E-state index in [2.05, 4.69) is 60.8 Å². The molecule has 0 spiro atoms. The van der Waals surface area contributed by atoms with E-state index in [1.165, 1.54) is 5.56 Å². The summed E-state index contributed by atoms with van der Waals surface area (Å²) in [4.78, 5) is 6.75. The number of pyridine rings is 1. The number of halogens is 2. The normalized spacial score (nSPS) is 10.6. The quantitative estimate of drug-likeness (QED) is 0.811. The molecule has 20 heavy (non-hydrogen) atoms. The summed E-state index contributed by atoms with van der Waals surface area (Å²) in [6.07, 6.45) is 2.73. The zero-order chi connectivity index (χ0) is 14.5. The second-order valence-electron chi connectivity index (χ2n) is 4.54. The molecule has 0 saturated carbocycles. The minimum atomic E-state index is 0.663. The third kappa shape index (κ3) is 3.59. The van der Waals surface area contributed by atoms with Crippen molar-refractivity contribution in [3.8, 4) is 0 Å². The van der Waals surface area contributed by atoms with Crippen LogP contribution in [0.3, 0.4) is 0 Å². The Hall–Kier alpha value is -0.910. The van der Waals surface area contributed by atoms with E-state index in [1.807, 2.05) is 24.4 Å². The molecule has 106 valence electrons. The van der Waals surface area contributed by atoms with Crippen LogP contribution in [0.1, 0.15) is 12.0 Å². The molecular weight excluding hydrogens is 382 g/mol. The van der Waals surface area contributed by atoms with E-state index in [4.69, 9.17) is 5.73 Å². The molecule has 0 unspecified atom stereocenters. The highest BCUT2D eigenvalue weighted by molar-refractivity contribution is 9.11. The molecule has 0 bridgehead atoms. The molecule has 0 atom stereocenters. The van der Waals surface area contributed by atoms with E-state index in [-0.39, 0.29) is 0 Å². The number of benzene rings is 1. The molecule has 1 aromatic carbocycles. The number of aryl methyl sites for hydroxylation is 1. The second kappa shape index (κ2) is 7.20. The molecular formula is C15H17Br2N3. The van der Waals surface area contributed by atoms with Crippen molar-refractivity contribution in [1.82, 2.24) is 4.98 Å². The molecule has 0 aliphatic carbocycles. The van der Waals surface area contributed by atoms with Gasteiger partial charge < -0.3 is 10.6 Å². The van der Waals surface area contributed by atoms with Gasteiger partial charge >= 0.3 is 0 Å². The number of nitrogens with two attached hydrogens (primary N) is 1. The maximum atomic E-state index is 5.67. The fourth-order valence-electron chi connectivity index (χ4n) is 2.06. The Morgan fingerprint density at radius 2 is 2.00 bits per heavy atom. The van der Waals surface area contributed by atoms with E-state index < -0.39 is 0 Å². The van der Waals surface area contributed by atoms with E-state index in [1.54, 1.807) is 0 Å². The first-order valence-corrected chi connectivity index (χ1v) is 8.06. The van der Waals surface area contributed by atoms with E-state index in [9.17, 15) is 0 Å². The first-order chi connectivity index (χ1) is 9.63. The number of para-hydroxylation sites is 1. The molecule has 2 aromatic rings. The van der Waals surface area contributed by atoms with Crippen LogP contribution in [-0.4, -0.2) is 18.1 Å². The Balaban J connectivity index is 2.44. The molecule has 0 amide bonds. The van der Waals surface area contributed by atoms with Crippen LogP contribution in [-0.2, 0) is 0 Å². The highest BCUT2D eigenvalue weighted by Crippen LogP contribution is 2.33. The van der Waals surface area contributed by atoms with Gasteiger partial charge in [-0.15, -0.1) is 0 Å². The first-order valence-electron chi connectivity index (χ1n) is 6.47. The summed E-state index contributed by atoms with van der Waals surface area (Å²) in [6.45, 7) is 3.61. The molecule has 5 heteroatoms. The van der Waals surface area contributed by atoms with Gasteiger partial charge in [0.1, 0.15) is 5.82 Å². The highest BCUT2D eigenvalue weighted by atomic mass is 79.9. The fourth-order valence-corrected chi connectivity index (χ4v) is 3.26. The molecule has 2 rings (SSSR count). The van der Waals surface area contributed by atoms with Crippen molar-refractivity contribution in [2.24, 2.45) is 5.73 Å². The van der Waals surface area contributed by atoms with E-state index in [0.717, 1.165) is 33.4 Å². The van der Waals surface area contributed by atoms with E-state index in [0.29, 0.717) is 6.54 Å². The Morgan fingerprint density at radius 1 is 1.25 bits per heavy atom. The molecule has 0 saturated heterocycles. The summed E-state index contributed by atoms with van der Waals surface area (Å²) in [5, 5.41) is 0. The van der Waals surface area contributed by atoms with Crippen LogP contribution in [0.4, 0.5) is 11.5 Å². The van der Waals surface area contributed by atoms with Gasteiger partial charge in [-0.3, -0.25) is 0 Å². The third-order valence-corrected chi connectivity index (χ3v) is 4.05. The van der Waals surface area contributed by atoms with Gasteiger partial charge in [0.25, 0.3) is 0 Å². The number of nitrogens with zero attached hydrogens (tertiary/aromatic N) is 2. The van der Waals surface area contributed by atoms with Crippen molar-refractivity contribution in [1.29, 1.82) is 0 Å². The molecule has 3 nitrogen and oxygen atoms in total. The predicted octanol–water partition coefficient (Wildman–Crippen LogP) is 4.40. The van der Waals surface area contributed by atoms with Crippen LogP contribution in [0, 0.1) is 6.92 Å². The summed E-state index contributed by atoms with van der Waals surface area (Å²) >= 11 is 7.03. The molecule has 2 N–H and O–H groups in total. The molecule has 0 fully saturated rings. The Bertz CT molecular complexity index is 587. The molecule has 0 aliphatic heterocycles. The lowest BCUT2D eigenvalue weighted by molar-refractivity contribution is 0.807. The smallest absolute Gasteiger partial charge is 0.147 e. The molecule has 1 aromatic heterocycles. The van der Waals surface area contributed by atoms with Crippen molar-refractivity contribution < 1.29 is 0 Å². The van der Waals surface area contributed by atoms with Gasteiger partial charge in [-0.05, 0) is 69.4 Å². The fraction of sp³-hybridized carbons (Fsp3) is 0.267. The zero-order valence-corrected chi connectivity index (χ0v) is 14.5. The van der Waals surface area contributed by atoms with Gasteiger partial charge in [-0.25, -0.2) is 4.98 Å². The summed E-state index contributed by atoms with van der Waals surface area (Å²) in [7, 11) is 0. The number of hydrogen-bond donors (Lipinski definition) is 1. The van der Waals surface area contributed by atoms with Gasteiger partial charge in [0, 0.05) is 22.9 Å². The van der Waals surface area contributed by atoms with Crippen LogP contribution < -0.4 is 10.6 Å². The van der Waals surface area contributed by atoms with Gasteiger partial charge in [0.2, 0.25) is 0 Å². The second-order valence-corrected chi connectivity index (χ2v) is 6.31. The lowest BCUT2D eigenvalue weighted by Gasteiger charge is -2.26. The summed E-state index contributed by atoms with van der Waals surface area (Å²) in [5.74, 6) is 0.913. The maximum absolute atomic E-state index is 5.67. The first kappa shape index (κ1) is 15.5.